The number of nitrogens with one attached hydrogen (secondary N) is 2. The van der Waals surface area contributed by atoms with Crippen molar-refractivity contribution in [1.29, 1.82) is 0 Å². The first kappa shape index (κ1) is 19.7. The lowest BCUT2D eigenvalue weighted by Crippen LogP contribution is -2.42. The predicted molar refractivity (Wildman–Crippen MR) is 103 cm³/mol. The number of rotatable bonds is 6. The van der Waals surface area contributed by atoms with Crippen molar-refractivity contribution in [2.45, 2.75) is 38.6 Å². The summed E-state index contributed by atoms with van der Waals surface area (Å²) in [5, 5.41) is 5.61. The number of carbonyl (C=O) groups excluding carboxylic acids is 3. The van der Waals surface area contributed by atoms with Crippen LogP contribution in [0.3, 0.4) is 0 Å². The SMILES string of the molecule is C[C@@H]1CCCC[C@H]1NC(=O)COC(=O)c1ccc(NC(=O)c2ccco2)cc1. The first-order valence-electron chi connectivity index (χ1n) is 9.44. The van der Waals surface area contributed by atoms with Gasteiger partial charge in [0.1, 0.15) is 0 Å². The van der Waals surface area contributed by atoms with Crippen LogP contribution in [0.4, 0.5) is 5.69 Å². The second-order valence-corrected chi connectivity index (χ2v) is 7.02. The van der Waals surface area contributed by atoms with Crippen LogP contribution in [0.25, 0.3) is 0 Å². The van der Waals surface area contributed by atoms with Gasteiger partial charge in [-0.3, -0.25) is 9.59 Å². The molecule has 7 heteroatoms. The summed E-state index contributed by atoms with van der Waals surface area (Å²) in [5.74, 6) is -0.613. The number of hydrogen-bond acceptors (Lipinski definition) is 5. The van der Waals surface area contributed by atoms with Gasteiger partial charge in [0.25, 0.3) is 11.8 Å². The average molecular weight is 384 g/mol. The fourth-order valence-corrected chi connectivity index (χ4v) is 3.28. The third-order valence-corrected chi connectivity index (χ3v) is 4.92. The molecule has 1 aliphatic rings. The van der Waals surface area contributed by atoms with Gasteiger partial charge >= 0.3 is 5.97 Å². The van der Waals surface area contributed by atoms with Gasteiger partial charge in [-0.15, -0.1) is 0 Å². The molecule has 28 heavy (non-hydrogen) atoms. The highest BCUT2D eigenvalue weighted by Crippen LogP contribution is 2.23. The molecule has 0 bridgehead atoms. The van der Waals surface area contributed by atoms with Crippen LogP contribution in [0.2, 0.25) is 0 Å². The summed E-state index contributed by atoms with van der Waals surface area (Å²) in [7, 11) is 0. The molecule has 0 spiro atoms. The Morgan fingerprint density at radius 3 is 2.54 bits per heavy atom. The molecule has 2 aromatic rings. The molecule has 7 nitrogen and oxygen atoms in total. The van der Waals surface area contributed by atoms with E-state index in [1.165, 1.54) is 24.8 Å². The number of anilines is 1. The number of benzene rings is 1. The van der Waals surface area contributed by atoms with E-state index >= 15 is 0 Å². The molecule has 0 radical (unpaired) electrons. The molecule has 2 N–H and O–H groups in total. The predicted octanol–water partition coefficient (Wildman–Crippen LogP) is 3.38. The summed E-state index contributed by atoms with van der Waals surface area (Å²) in [6, 6.07) is 9.56. The Morgan fingerprint density at radius 2 is 1.86 bits per heavy atom. The molecular formula is C21H24N2O5. The average Bonchev–Trinajstić information content (AvgIpc) is 3.23. The van der Waals surface area contributed by atoms with E-state index in [4.69, 9.17) is 9.15 Å². The summed E-state index contributed by atoms with van der Waals surface area (Å²) >= 11 is 0. The van der Waals surface area contributed by atoms with Crippen LogP contribution in [0.1, 0.15) is 53.5 Å². The van der Waals surface area contributed by atoms with Crippen LogP contribution < -0.4 is 10.6 Å². The Bertz CT molecular complexity index is 814. The Morgan fingerprint density at radius 1 is 1.11 bits per heavy atom. The largest absolute Gasteiger partial charge is 0.459 e. The van der Waals surface area contributed by atoms with E-state index in [0.717, 1.165) is 19.3 Å². The lowest BCUT2D eigenvalue weighted by Gasteiger charge is -2.29. The smallest absolute Gasteiger partial charge is 0.338 e. The highest BCUT2D eigenvalue weighted by atomic mass is 16.5. The van der Waals surface area contributed by atoms with Crippen LogP contribution in [0, 0.1) is 5.92 Å². The Kier molecular flexibility index (Phi) is 6.47. The number of furan rings is 1. The van der Waals surface area contributed by atoms with E-state index in [2.05, 4.69) is 17.6 Å². The van der Waals surface area contributed by atoms with Gasteiger partial charge in [-0.05, 0) is 55.2 Å². The normalized spacial score (nSPS) is 18.9. The molecule has 1 aromatic heterocycles. The molecule has 1 fully saturated rings. The molecule has 0 saturated heterocycles. The zero-order chi connectivity index (χ0) is 19.9. The van der Waals surface area contributed by atoms with Crippen molar-refractivity contribution in [3.63, 3.8) is 0 Å². The minimum absolute atomic E-state index is 0.150. The first-order chi connectivity index (χ1) is 13.5. The van der Waals surface area contributed by atoms with Crippen LogP contribution in [0.15, 0.2) is 47.1 Å². The fourth-order valence-electron chi connectivity index (χ4n) is 3.28. The molecule has 1 saturated carbocycles. The topological polar surface area (TPSA) is 97.6 Å². The van der Waals surface area contributed by atoms with Crippen LogP contribution >= 0.6 is 0 Å². The van der Waals surface area contributed by atoms with Crippen molar-refractivity contribution < 1.29 is 23.5 Å². The maximum atomic E-state index is 12.1. The van der Waals surface area contributed by atoms with Gasteiger partial charge in [-0.25, -0.2) is 4.79 Å². The van der Waals surface area contributed by atoms with Crippen molar-refractivity contribution in [3.8, 4) is 0 Å². The van der Waals surface area contributed by atoms with Gasteiger partial charge in [0.2, 0.25) is 0 Å². The fraction of sp³-hybridized carbons (Fsp3) is 0.381. The van der Waals surface area contributed by atoms with Crippen molar-refractivity contribution >= 4 is 23.5 Å². The zero-order valence-corrected chi connectivity index (χ0v) is 15.8. The molecule has 2 atom stereocenters. The van der Waals surface area contributed by atoms with E-state index in [0.29, 0.717) is 17.2 Å². The van der Waals surface area contributed by atoms with Crippen molar-refractivity contribution in [3.05, 3.63) is 54.0 Å². The second kappa shape index (κ2) is 9.21. The highest BCUT2D eigenvalue weighted by molar-refractivity contribution is 6.02. The Hall–Kier alpha value is -3.09. The summed E-state index contributed by atoms with van der Waals surface area (Å²) < 4.78 is 10.1. The molecular weight excluding hydrogens is 360 g/mol. The molecule has 1 aromatic carbocycles. The summed E-state index contributed by atoms with van der Waals surface area (Å²) in [6.07, 6.45) is 5.79. The second-order valence-electron chi connectivity index (χ2n) is 7.02. The zero-order valence-electron chi connectivity index (χ0n) is 15.8. The molecule has 148 valence electrons. The van der Waals surface area contributed by atoms with E-state index < -0.39 is 5.97 Å². The van der Waals surface area contributed by atoms with Crippen molar-refractivity contribution in [2.75, 3.05) is 11.9 Å². The third-order valence-electron chi connectivity index (χ3n) is 4.92. The maximum absolute atomic E-state index is 12.1. The van der Waals surface area contributed by atoms with Crippen LogP contribution in [-0.4, -0.2) is 30.4 Å². The summed E-state index contributed by atoms with van der Waals surface area (Å²) in [6.45, 7) is 1.82. The van der Waals surface area contributed by atoms with Gasteiger partial charge in [0.15, 0.2) is 12.4 Å². The Balaban J connectivity index is 1.46. The minimum atomic E-state index is -0.587. The number of hydrogen-bond donors (Lipinski definition) is 2. The number of ether oxygens (including phenoxy) is 1. The van der Waals surface area contributed by atoms with Gasteiger partial charge < -0.3 is 19.8 Å². The highest BCUT2D eigenvalue weighted by Gasteiger charge is 2.23. The first-order valence-corrected chi connectivity index (χ1v) is 9.44. The third kappa shape index (κ3) is 5.22. The molecule has 1 heterocycles. The van der Waals surface area contributed by atoms with Crippen LogP contribution in [-0.2, 0) is 9.53 Å². The number of carbonyl (C=O) groups is 3. The molecule has 1 aliphatic carbocycles. The van der Waals surface area contributed by atoms with Gasteiger partial charge in [0.05, 0.1) is 11.8 Å². The van der Waals surface area contributed by atoms with E-state index in [9.17, 15) is 14.4 Å². The summed E-state index contributed by atoms with van der Waals surface area (Å²) in [5.41, 5.74) is 0.816. The quantitative estimate of drug-likeness (QED) is 0.744. The maximum Gasteiger partial charge on any atom is 0.338 e. The van der Waals surface area contributed by atoms with E-state index in [-0.39, 0.29) is 30.2 Å². The monoisotopic (exact) mass is 384 g/mol. The molecule has 2 amide bonds. The van der Waals surface area contributed by atoms with Crippen molar-refractivity contribution in [1.82, 2.24) is 5.32 Å². The molecule has 0 aliphatic heterocycles. The molecule has 0 unspecified atom stereocenters. The number of esters is 1. The van der Waals surface area contributed by atoms with E-state index in [1.807, 2.05) is 0 Å². The minimum Gasteiger partial charge on any atom is -0.459 e. The lowest BCUT2D eigenvalue weighted by molar-refractivity contribution is -0.125. The summed E-state index contributed by atoms with van der Waals surface area (Å²) in [4.78, 5) is 36.1. The van der Waals surface area contributed by atoms with Crippen LogP contribution in [0.5, 0.6) is 0 Å². The van der Waals surface area contributed by atoms with Gasteiger partial charge in [-0.1, -0.05) is 19.8 Å². The Labute approximate surface area is 163 Å². The van der Waals surface area contributed by atoms with Gasteiger partial charge in [-0.2, -0.15) is 0 Å². The van der Waals surface area contributed by atoms with Gasteiger partial charge in [0, 0.05) is 11.7 Å². The molecule has 3 rings (SSSR count). The lowest BCUT2D eigenvalue weighted by atomic mass is 9.86. The number of amides is 2. The standard InChI is InChI=1S/C21H24N2O5/c1-14-5-2-3-6-17(14)23-19(24)13-28-21(26)15-8-10-16(11-9-15)22-20(25)18-7-4-12-27-18/h4,7-12,14,17H,2-3,5-6,13H2,1H3,(H,22,25)(H,23,24)/t14-,17-/m1/s1. The van der Waals surface area contributed by atoms with E-state index in [1.54, 1.807) is 24.3 Å². The van der Waals surface area contributed by atoms with Crippen molar-refractivity contribution in [2.24, 2.45) is 5.92 Å².